The number of hydrogen-bond acceptors (Lipinski definition) is 4. The van der Waals surface area contributed by atoms with Crippen molar-refractivity contribution in [2.24, 2.45) is 0 Å². The molecule has 2 N–H and O–H groups in total. The van der Waals surface area contributed by atoms with Gasteiger partial charge in [0.25, 0.3) is 11.8 Å². The smallest absolute Gasteiger partial charge is 0.256 e. The standard InChI is InChI=1S/C22H28N2O3S/c1-14-9-10-16(13-15(14)2)20(25)24-22-19(21(26)23-11-6-12-27-3)17-7-4-5-8-18(17)28-22/h9-10,13H,4-8,11-12H2,1-3H3,(H,23,26)(H,24,25). The second-order valence-electron chi connectivity index (χ2n) is 7.27. The Morgan fingerprint density at radius 3 is 2.64 bits per heavy atom. The van der Waals surface area contributed by atoms with Crippen LogP contribution in [0.25, 0.3) is 0 Å². The lowest BCUT2D eigenvalue weighted by atomic mass is 9.95. The summed E-state index contributed by atoms with van der Waals surface area (Å²) < 4.78 is 5.04. The van der Waals surface area contributed by atoms with Gasteiger partial charge in [-0.15, -0.1) is 11.3 Å². The number of fused-ring (bicyclic) bond motifs is 1. The average molecular weight is 401 g/mol. The summed E-state index contributed by atoms with van der Waals surface area (Å²) in [7, 11) is 1.65. The van der Waals surface area contributed by atoms with Gasteiger partial charge in [0, 0.05) is 30.7 Å². The lowest BCUT2D eigenvalue weighted by Crippen LogP contribution is -2.27. The first-order chi connectivity index (χ1) is 13.5. The van der Waals surface area contributed by atoms with Crippen molar-refractivity contribution >= 4 is 28.2 Å². The molecule has 2 amide bonds. The highest BCUT2D eigenvalue weighted by Crippen LogP contribution is 2.38. The number of benzene rings is 1. The highest BCUT2D eigenvalue weighted by atomic mass is 32.1. The van der Waals surface area contributed by atoms with E-state index in [0.717, 1.165) is 48.8 Å². The molecule has 0 fully saturated rings. The van der Waals surface area contributed by atoms with E-state index < -0.39 is 0 Å². The molecule has 0 aliphatic heterocycles. The van der Waals surface area contributed by atoms with Gasteiger partial charge in [-0.05, 0) is 74.8 Å². The van der Waals surface area contributed by atoms with Gasteiger partial charge >= 0.3 is 0 Å². The summed E-state index contributed by atoms with van der Waals surface area (Å²) in [6, 6.07) is 5.67. The maximum absolute atomic E-state index is 12.9. The van der Waals surface area contributed by atoms with Crippen LogP contribution in [-0.4, -0.2) is 32.1 Å². The molecule has 1 aromatic heterocycles. The van der Waals surface area contributed by atoms with Crippen LogP contribution in [0.15, 0.2) is 18.2 Å². The van der Waals surface area contributed by atoms with Crippen molar-refractivity contribution in [2.75, 3.05) is 25.6 Å². The van der Waals surface area contributed by atoms with Crippen molar-refractivity contribution in [3.8, 4) is 0 Å². The van der Waals surface area contributed by atoms with Crippen molar-refractivity contribution in [1.82, 2.24) is 5.32 Å². The van der Waals surface area contributed by atoms with Crippen molar-refractivity contribution in [1.29, 1.82) is 0 Å². The Morgan fingerprint density at radius 1 is 1.11 bits per heavy atom. The van der Waals surface area contributed by atoms with Crippen LogP contribution >= 0.6 is 11.3 Å². The molecule has 0 saturated carbocycles. The number of nitrogens with one attached hydrogen (secondary N) is 2. The van der Waals surface area contributed by atoms with E-state index in [4.69, 9.17) is 4.74 Å². The Kier molecular flexibility index (Phi) is 6.86. The summed E-state index contributed by atoms with van der Waals surface area (Å²) in [5, 5.41) is 6.65. The normalized spacial score (nSPS) is 13.1. The third-order valence-corrected chi connectivity index (χ3v) is 6.41. The summed E-state index contributed by atoms with van der Waals surface area (Å²) in [5.74, 6) is -0.277. The minimum Gasteiger partial charge on any atom is -0.385 e. The van der Waals surface area contributed by atoms with E-state index in [0.29, 0.717) is 29.3 Å². The van der Waals surface area contributed by atoms with Crippen molar-refractivity contribution < 1.29 is 14.3 Å². The molecule has 0 spiro atoms. The van der Waals surface area contributed by atoms with Crippen LogP contribution in [0.3, 0.4) is 0 Å². The number of aryl methyl sites for hydroxylation is 3. The van der Waals surface area contributed by atoms with Gasteiger partial charge in [-0.25, -0.2) is 0 Å². The summed E-state index contributed by atoms with van der Waals surface area (Å²) in [6.07, 6.45) is 4.85. The number of hydrogen-bond donors (Lipinski definition) is 2. The average Bonchev–Trinajstić information content (AvgIpc) is 3.05. The molecule has 28 heavy (non-hydrogen) atoms. The Bertz CT molecular complexity index is 873. The van der Waals surface area contributed by atoms with Crippen molar-refractivity contribution in [2.45, 2.75) is 46.0 Å². The molecule has 2 aromatic rings. The number of carbonyl (C=O) groups is 2. The van der Waals surface area contributed by atoms with Gasteiger partial charge in [-0.2, -0.15) is 0 Å². The van der Waals surface area contributed by atoms with Crippen LogP contribution < -0.4 is 10.6 Å². The molecule has 1 heterocycles. The minimum atomic E-state index is -0.171. The molecule has 0 radical (unpaired) electrons. The molecule has 0 atom stereocenters. The van der Waals surface area contributed by atoms with Crippen LogP contribution in [0.4, 0.5) is 5.00 Å². The molecule has 1 aliphatic carbocycles. The van der Waals surface area contributed by atoms with Gasteiger partial charge in [0.2, 0.25) is 0 Å². The Morgan fingerprint density at radius 2 is 1.89 bits per heavy atom. The van der Waals surface area contributed by atoms with E-state index in [2.05, 4.69) is 10.6 Å². The summed E-state index contributed by atoms with van der Waals surface area (Å²) >= 11 is 1.55. The molecule has 1 aliphatic rings. The van der Waals surface area contributed by atoms with E-state index in [1.165, 1.54) is 4.88 Å². The molecule has 6 heteroatoms. The lowest BCUT2D eigenvalue weighted by molar-refractivity contribution is 0.0948. The number of thiophene rings is 1. The summed E-state index contributed by atoms with van der Waals surface area (Å²) in [4.78, 5) is 26.9. The monoisotopic (exact) mass is 400 g/mol. The van der Waals surface area contributed by atoms with Crippen LogP contribution in [0.1, 0.15) is 61.5 Å². The van der Waals surface area contributed by atoms with E-state index in [9.17, 15) is 9.59 Å². The summed E-state index contributed by atoms with van der Waals surface area (Å²) in [6.45, 7) is 5.19. The third-order valence-electron chi connectivity index (χ3n) is 5.21. The van der Waals surface area contributed by atoms with E-state index in [-0.39, 0.29) is 11.8 Å². The fourth-order valence-corrected chi connectivity index (χ4v) is 4.74. The van der Waals surface area contributed by atoms with Gasteiger partial charge in [0.05, 0.1) is 5.56 Å². The number of rotatable bonds is 7. The molecule has 150 valence electrons. The minimum absolute atomic E-state index is 0.106. The largest absolute Gasteiger partial charge is 0.385 e. The highest BCUT2D eigenvalue weighted by molar-refractivity contribution is 7.17. The predicted octanol–water partition coefficient (Wildman–Crippen LogP) is 4.26. The number of methoxy groups -OCH3 is 1. The zero-order valence-electron chi connectivity index (χ0n) is 16.8. The molecule has 0 saturated heterocycles. The number of anilines is 1. The Hall–Kier alpha value is -2.18. The zero-order valence-corrected chi connectivity index (χ0v) is 17.6. The first-order valence-electron chi connectivity index (χ1n) is 9.81. The van der Waals surface area contributed by atoms with Gasteiger partial charge in [-0.3, -0.25) is 9.59 Å². The van der Waals surface area contributed by atoms with Crippen LogP contribution in [0.5, 0.6) is 0 Å². The maximum atomic E-state index is 12.9. The van der Waals surface area contributed by atoms with Gasteiger partial charge < -0.3 is 15.4 Å². The van der Waals surface area contributed by atoms with E-state index >= 15 is 0 Å². The molecule has 0 unspecified atom stereocenters. The van der Waals surface area contributed by atoms with Crippen LogP contribution in [-0.2, 0) is 17.6 Å². The first-order valence-corrected chi connectivity index (χ1v) is 10.6. The molecule has 3 rings (SSSR count). The van der Waals surface area contributed by atoms with Gasteiger partial charge in [-0.1, -0.05) is 6.07 Å². The van der Waals surface area contributed by atoms with Crippen LogP contribution in [0, 0.1) is 13.8 Å². The fraction of sp³-hybridized carbons (Fsp3) is 0.455. The molecule has 0 bridgehead atoms. The van der Waals surface area contributed by atoms with Gasteiger partial charge in [0.15, 0.2) is 0 Å². The summed E-state index contributed by atoms with van der Waals surface area (Å²) in [5.41, 5.74) is 4.60. The fourth-order valence-electron chi connectivity index (χ4n) is 3.46. The van der Waals surface area contributed by atoms with Crippen LogP contribution in [0.2, 0.25) is 0 Å². The third kappa shape index (κ3) is 4.62. The molecular formula is C22H28N2O3S. The number of ether oxygens (including phenoxy) is 1. The number of carbonyl (C=O) groups excluding carboxylic acids is 2. The highest BCUT2D eigenvalue weighted by Gasteiger charge is 2.26. The van der Waals surface area contributed by atoms with E-state index in [1.54, 1.807) is 18.4 Å². The maximum Gasteiger partial charge on any atom is 0.256 e. The van der Waals surface area contributed by atoms with Crippen molar-refractivity contribution in [3.63, 3.8) is 0 Å². The Labute approximate surface area is 170 Å². The van der Waals surface area contributed by atoms with Crippen molar-refractivity contribution in [3.05, 3.63) is 50.9 Å². The molecular weight excluding hydrogens is 372 g/mol. The topological polar surface area (TPSA) is 67.4 Å². The Balaban J connectivity index is 1.83. The quantitative estimate of drug-likeness (QED) is 0.683. The first kappa shape index (κ1) is 20.6. The second kappa shape index (κ2) is 9.34. The lowest BCUT2D eigenvalue weighted by Gasteiger charge is -2.13. The zero-order chi connectivity index (χ0) is 20.1. The number of amides is 2. The van der Waals surface area contributed by atoms with Gasteiger partial charge in [0.1, 0.15) is 5.00 Å². The second-order valence-corrected chi connectivity index (χ2v) is 8.38. The molecule has 1 aromatic carbocycles. The SMILES string of the molecule is COCCCNC(=O)c1c(NC(=O)c2ccc(C)c(C)c2)sc2c1CCCC2. The molecule has 5 nitrogen and oxygen atoms in total. The van der Waals surface area contributed by atoms with E-state index in [1.807, 2.05) is 32.0 Å². The predicted molar refractivity (Wildman–Crippen MR) is 114 cm³/mol.